The van der Waals surface area contributed by atoms with Crippen molar-refractivity contribution in [3.05, 3.63) is 0 Å². The maximum Gasteiger partial charge on any atom is 0.242 e. The minimum Gasteiger partial charge on any atom is -0.379 e. The van der Waals surface area contributed by atoms with Crippen molar-refractivity contribution in [2.45, 2.75) is 37.8 Å². The van der Waals surface area contributed by atoms with Gasteiger partial charge in [-0.05, 0) is 25.8 Å². The Hall–Kier alpha value is -0.650. The van der Waals surface area contributed by atoms with E-state index in [-0.39, 0.29) is 11.9 Å². The number of piperidine rings is 1. The topological polar surface area (TPSA) is 67.6 Å². The fraction of sp³-hybridized carbons (Fsp3) is 0.917. The Balaban J connectivity index is 1.79. The van der Waals surface area contributed by atoms with E-state index in [1.54, 1.807) is 0 Å². The summed E-state index contributed by atoms with van der Waals surface area (Å²) >= 11 is 0. The van der Waals surface area contributed by atoms with Gasteiger partial charge in [-0.15, -0.1) is 0 Å². The molecule has 1 unspecified atom stereocenters. The van der Waals surface area contributed by atoms with E-state index in [0.29, 0.717) is 19.6 Å². The quantitative estimate of drug-likeness (QED) is 0.712. The fourth-order valence-corrected chi connectivity index (χ4v) is 2.48. The zero-order valence-electron chi connectivity index (χ0n) is 10.6. The number of nitrogens with two attached hydrogens (primary N) is 1. The van der Waals surface area contributed by atoms with E-state index in [4.69, 9.17) is 10.5 Å². The van der Waals surface area contributed by atoms with Crippen molar-refractivity contribution in [3.8, 4) is 0 Å². The van der Waals surface area contributed by atoms with Gasteiger partial charge in [-0.1, -0.05) is 6.92 Å². The average Bonchev–Trinajstić information content (AvgIpc) is 2.78. The van der Waals surface area contributed by atoms with E-state index in [2.05, 4.69) is 17.1 Å². The molecule has 2 heterocycles. The Morgan fingerprint density at radius 1 is 1.53 bits per heavy atom. The normalized spacial score (nSPS) is 31.6. The smallest absolute Gasteiger partial charge is 0.242 e. The molecule has 5 heteroatoms. The van der Waals surface area contributed by atoms with E-state index >= 15 is 0 Å². The van der Waals surface area contributed by atoms with Crippen molar-refractivity contribution in [1.29, 1.82) is 0 Å². The summed E-state index contributed by atoms with van der Waals surface area (Å²) < 4.78 is 5.21. The number of nitrogens with one attached hydrogen (secondary N) is 1. The summed E-state index contributed by atoms with van der Waals surface area (Å²) in [6.45, 7) is 6.34. The minimum atomic E-state index is -0.790. The van der Waals surface area contributed by atoms with Crippen molar-refractivity contribution in [1.82, 2.24) is 10.2 Å². The monoisotopic (exact) mass is 241 g/mol. The molecule has 1 amide bonds. The van der Waals surface area contributed by atoms with E-state index in [1.165, 1.54) is 0 Å². The molecule has 2 saturated heterocycles. The highest BCUT2D eigenvalue weighted by atomic mass is 16.5. The van der Waals surface area contributed by atoms with Gasteiger partial charge in [0.1, 0.15) is 5.54 Å². The van der Waals surface area contributed by atoms with Gasteiger partial charge in [0, 0.05) is 25.7 Å². The molecule has 98 valence electrons. The predicted octanol–water partition coefficient (Wildman–Crippen LogP) is -0.295. The number of carbonyl (C=O) groups is 1. The molecule has 1 atom stereocenters. The number of hydrogen-bond acceptors (Lipinski definition) is 4. The highest BCUT2D eigenvalue weighted by Crippen LogP contribution is 2.17. The number of likely N-dealkylation sites (tertiary alicyclic amines) is 1. The van der Waals surface area contributed by atoms with Gasteiger partial charge in [0.25, 0.3) is 0 Å². The van der Waals surface area contributed by atoms with Crippen molar-refractivity contribution in [3.63, 3.8) is 0 Å². The first-order valence-corrected chi connectivity index (χ1v) is 6.54. The summed E-state index contributed by atoms with van der Waals surface area (Å²) in [5, 5.41) is 3.08. The number of amides is 1. The first-order valence-electron chi connectivity index (χ1n) is 6.54. The van der Waals surface area contributed by atoms with Gasteiger partial charge >= 0.3 is 0 Å². The van der Waals surface area contributed by atoms with Crippen LogP contribution in [0.4, 0.5) is 0 Å². The van der Waals surface area contributed by atoms with Crippen LogP contribution < -0.4 is 11.1 Å². The molecule has 0 saturated carbocycles. The zero-order chi connectivity index (χ0) is 12.3. The molecule has 5 nitrogen and oxygen atoms in total. The molecule has 0 bridgehead atoms. The van der Waals surface area contributed by atoms with Crippen LogP contribution in [-0.2, 0) is 9.53 Å². The van der Waals surface area contributed by atoms with Gasteiger partial charge in [0.15, 0.2) is 0 Å². The number of rotatable bonds is 3. The van der Waals surface area contributed by atoms with E-state index in [1.807, 2.05) is 0 Å². The van der Waals surface area contributed by atoms with E-state index in [0.717, 1.165) is 32.5 Å². The second-order valence-corrected chi connectivity index (χ2v) is 5.14. The lowest BCUT2D eigenvalue weighted by molar-refractivity contribution is -0.127. The highest BCUT2D eigenvalue weighted by molar-refractivity contribution is 5.86. The van der Waals surface area contributed by atoms with Crippen LogP contribution in [0.1, 0.15) is 26.2 Å². The van der Waals surface area contributed by atoms with Crippen LogP contribution in [0, 0.1) is 0 Å². The Morgan fingerprint density at radius 2 is 2.24 bits per heavy atom. The number of nitrogens with zero attached hydrogens (tertiary/aromatic N) is 1. The van der Waals surface area contributed by atoms with Crippen LogP contribution in [0.5, 0.6) is 0 Å². The molecule has 2 rings (SSSR count). The number of carbonyl (C=O) groups excluding carboxylic acids is 1. The molecule has 2 aliphatic heterocycles. The van der Waals surface area contributed by atoms with Crippen LogP contribution in [0.2, 0.25) is 0 Å². The minimum absolute atomic E-state index is 0.0371. The van der Waals surface area contributed by atoms with Gasteiger partial charge in [0.2, 0.25) is 5.91 Å². The summed E-state index contributed by atoms with van der Waals surface area (Å²) in [6, 6.07) is 0.284. The van der Waals surface area contributed by atoms with Gasteiger partial charge in [-0.3, -0.25) is 4.79 Å². The number of ether oxygens (including phenoxy) is 1. The third kappa shape index (κ3) is 2.97. The molecule has 0 aliphatic carbocycles. The molecule has 17 heavy (non-hydrogen) atoms. The summed E-state index contributed by atoms with van der Waals surface area (Å²) in [6.07, 6.45) is 2.68. The summed E-state index contributed by atoms with van der Waals surface area (Å²) in [4.78, 5) is 14.5. The summed E-state index contributed by atoms with van der Waals surface area (Å²) in [5.41, 5.74) is 5.24. The van der Waals surface area contributed by atoms with Crippen LogP contribution >= 0.6 is 0 Å². The summed E-state index contributed by atoms with van der Waals surface area (Å²) in [5.74, 6) is -0.0371. The third-order valence-electron chi connectivity index (χ3n) is 3.87. The molecular weight excluding hydrogens is 218 g/mol. The summed E-state index contributed by atoms with van der Waals surface area (Å²) in [7, 11) is 0. The Morgan fingerprint density at radius 3 is 2.76 bits per heavy atom. The predicted molar refractivity (Wildman–Crippen MR) is 65.6 cm³/mol. The first-order chi connectivity index (χ1) is 8.14. The molecule has 2 fully saturated rings. The maximum atomic E-state index is 12.1. The Bertz CT molecular complexity index is 269. The molecule has 0 radical (unpaired) electrons. The molecular formula is C12H23N3O2. The van der Waals surface area contributed by atoms with Crippen molar-refractivity contribution < 1.29 is 9.53 Å². The first kappa shape index (κ1) is 12.8. The third-order valence-corrected chi connectivity index (χ3v) is 3.87. The van der Waals surface area contributed by atoms with Gasteiger partial charge < -0.3 is 20.7 Å². The standard InChI is InChI=1S/C12H23N3O2/c1-2-15-6-3-10(4-7-15)14-11(16)12(13)5-8-17-9-12/h10H,2-9,13H2,1H3,(H,14,16). The Labute approximate surface area is 103 Å². The maximum absolute atomic E-state index is 12.1. The van der Waals surface area contributed by atoms with Crippen LogP contribution in [-0.4, -0.2) is 55.2 Å². The van der Waals surface area contributed by atoms with Gasteiger partial charge in [-0.25, -0.2) is 0 Å². The molecule has 2 aliphatic rings. The van der Waals surface area contributed by atoms with Gasteiger partial charge in [-0.2, -0.15) is 0 Å². The fourth-order valence-electron chi connectivity index (χ4n) is 2.48. The van der Waals surface area contributed by atoms with Crippen molar-refractivity contribution in [2.24, 2.45) is 5.73 Å². The SMILES string of the molecule is CCN1CCC(NC(=O)C2(N)CCOC2)CC1. The molecule has 0 aromatic carbocycles. The zero-order valence-corrected chi connectivity index (χ0v) is 10.6. The van der Waals surface area contributed by atoms with Crippen LogP contribution in [0.15, 0.2) is 0 Å². The average molecular weight is 241 g/mol. The molecule has 0 aromatic rings. The van der Waals surface area contributed by atoms with E-state index < -0.39 is 5.54 Å². The molecule has 0 spiro atoms. The Kier molecular flexibility index (Phi) is 4.01. The molecule has 3 N–H and O–H groups in total. The lowest BCUT2D eigenvalue weighted by Crippen LogP contribution is -2.58. The lowest BCUT2D eigenvalue weighted by atomic mass is 9.97. The van der Waals surface area contributed by atoms with Gasteiger partial charge in [0.05, 0.1) is 6.61 Å². The van der Waals surface area contributed by atoms with Crippen LogP contribution in [0.3, 0.4) is 0 Å². The van der Waals surface area contributed by atoms with E-state index in [9.17, 15) is 4.79 Å². The second kappa shape index (κ2) is 5.33. The largest absolute Gasteiger partial charge is 0.379 e. The van der Waals surface area contributed by atoms with Crippen LogP contribution in [0.25, 0.3) is 0 Å². The van der Waals surface area contributed by atoms with Crippen molar-refractivity contribution >= 4 is 5.91 Å². The van der Waals surface area contributed by atoms with Crippen molar-refractivity contribution in [2.75, 3.05) is 32.8 Å². The lowest BCUT2D eigenvalue weighted by Gasteiger charge is -2.33. The highest BCUT2D eigenvalue weighted by Gasteiger charge is 2.39. The second-order valence-electron chi connectivity index (χ2n) is 5.14. The number of hydrogen-bond donors (Lipinski definition) is 2. The molecule has 0 aromatic heterocycles.